The molecular weight excluding hydrogens is 364 g/mol. The van der Waals surface area contributed by atoms with Crippen LogP contribution in [0, 0.1) is 6.92 Å². The minimum absolute atomic E-state index is 0.0194. The molecule has 0 saturated carbocycles. The summed E-state index contributed by atoms with van der Waals surface area (Å²) in [5.74, 6) is -0.309. The number of hydrogen-bond acceptors (Lipinski definition) is 5. The second-order valence-electron chi connectivity index (χ2n) is 5.56. The number of sulfonamides is 1. The smallest absolute Gasteiger partial charge is 0.262 e. The van der Waals surface area contributed by atoms with Gasteiger partial charge < -0.3 is 5.32 Å². The molecular formula is C16H18N2O5S2. The Morgan fingerprint density at radius 1 is 0.920 bits per heavy atom. The third-order valence-corrected chi connectivity index (χ3v) is 5.98. The van der Waals surface area contributed by atoms with E-state index in [9.17, 15) is 21.6 Å². The van der Waals surface area contributed by atoms with E-state index >= 15 is 0 Å². The fraction of sp³-hybridized carbons (Fsp3) is 0.188. The SMILES string of the molecule is CC(=O)Nc1ccc(C)c(S(=O)(=O)Nc2ccc(S(C)(=O)=O)cc2)c1. The third kappa shape index (κ3) is 4.80. The summed E-state index contributed by atoms with van der Waals surface area (Å²) in [7, 11) is -7.26. The van der Waals surface area contributed by atoms with Crippen LogP contribution < -0.4 is 10.0 Å². The van der Waals surface area contributed by atoms with Gasteiger partial charge in [-0.2, -0.15) is 0 Å². The summed E-state index contributed by atoms with van der Waals surface area (Å²) in [4.78, 5) is 11.3. The predicted octanol–water partition coefficient (Wildman–Crippen LogP) is 2.16. The first kappa shape index (κ1) is 18.9. The molecule has 9 heteroatoms. The van der Waals surface area contributed by atoms with Gasteiger partial charge in [-0.1, -0.05) is 6.07 Å². The van der Waals surface area contributed by atoms with E-state index in [1.54, 1.807) is 19.1 Å². The van der Waals surface area contributed by atoms with Crippen LogP contribution in [-0.4, -0.2) is 29.0 Å². The Kier molecular flexibility index (Phi) is 5.19. The van der Waals surface area contributed by atoms with E-state index in [2.05, 4.69) is 10.0 Å². The summed E-state index contributed by atoms with van der Waals surface area (Å²) < 4.78 is 50.5. The summed E-state index contributed by atoms with van der Waals surface area (Å²) >= 11 is 0. The molecule has 2 rings (SSSR count). The van der Waals surface area contributed by atoms with Crippen LogP contribution in [0.2, 0.25) is 0 Å². The highest BCUT2D eigenvalue weighted by Crippen LogP contribution is 2.23. The molecule has 0 aliphatic carbocycles. The molecule has 0 bridgehead atoms. The van der Waals surface area contributed by atoms with Gasteiger partial charge in [0.1, 0.15) is 0 Å². The molecule has 0 unspecified atom stereocenters. The van der Waals surface area contributed by atoms with Crippen molar-refractivity contribution >= 4 is 37.1 Å². The van der Waals surface area contributed by atoms with E-state index < -0.39 is 19.9 Å². The number of benzene rings is 2. The largest absolute Gasteiger partial charge is 0.326 e. The standard InChI is InChI=1S/C16H18N2O5S2/c1-11-4-5-14(17-12(2)19)10-16(11)25(22,23)18-13-6-8-15(9-7-13)24(3,20)21/h4-10,18H,1-3H3,(H,17,19). The van der Waals surface area contributed by atoms with Crippen LogP contribution in [0.15, 0.2) is 52.3 Å². The quantitative estimate of drug-likeness (QED) is 0.823. The van der Waals surface area contributed by atoms with Gasteiger partial charge in [-0.15, -0.1) is 0 Å². The first-order valence-electron chi connectivity index (χ1n) is 7.20. The highest BCUT2D eigenvalue weighted by molar-refractivity contribution is 7.92. The zero-order valence-corrected chi connectivity index (χ0v) is 15.5. The van der Waals surface area contributed by atoms with Crippen LogP contribution in [0.25, 0.3) is 0 Å². The van der Waals surface area contributed by atoms with E-state index in [0.717, 1.165) is 6.26 Å². The normalized spacial score (nSPS) is 11.8. The summed E-state index contributed by atoms with van der Waals surface area (Å²) in [6.07, 6.45) is 1.07. The van der Waals surface area contributed by atoms with Crippen LogP contribution in [-0.2, 0) is 24.7 Å². The number of sulfone groups is 1. The Morgan fingerprint density at radius 3 is 2.00 bits per heavy atom. The molecule has 0 aliphatic rings. The van der Waals surface area contributed by atoms with Crippen molar-refractivity contribution in [2.45, 2.75) is 23.6 Å². The van der Waals surface area contributed by atoms with Crippen molar-refractivity contribution in [3.05, 3.63) is 48.0 Å². The molecule has 134 valence electrons. The van der Waals surface area contributed by atoms with Crippen molar-refractivity contribution in [1.29, 1.82) is 0 Å². The molecule has 2 N–H and O–H groups in total. The summed E-state index contributed by atoms with van der Waals surface area (Å²) in [5, 5.41) is 2.53. The number of nitrogens with one attached hydrogen (secondary N) is 2. The lowest BCUT2D eigenvalue weighted by molar-refractivity contribution is -0.114. The summed E-state index contributed by atoms with van der Waals surface area (Å²) in [6.45, 7) is 2.97. The maximum absolute atomic E-state index is 12.6. The average Bonchev–Trinajstić information content (AvgIpc) is 2.48. The topological polar surface area (TPSA) is 109 Å². The zero-order valence-electron chi connectivity index (χ0n) is 13.9. The molecule has 0 atom stereocenters. The number of anilines is 2. The van der Waals surface area contributed by atoms with Crippen LogP contribution in [0.3, 0.4) is 0 Å². The third-order valence-electron chi connectivity index (χ3n) is 3.33. The van der Waals surface area contributed by atoms with Crippen molar-refractivity contribution in [1.82, 2.24) is 0 Å². The second kappa shape index (κ2) is 6.85. The van der Waals surface area contributed by atoms with Crippen LogP contribution in [0.1, 0.15) is 12.5 Å². The maximum Gasteiger partial charge on any atom is 0.262 e. The summed E-state index contributed by atoms with van der Waals surface area (Å²) in [6, 6.07) is 9.97. The fourth-order valence-electron chi connectivity index (χ4n) is 2.15. The Morgan fingerprint density at radius 2 is 1.48 bits per heavy atom. The molecule has 0 saturated heterocycles. The molecule has 1 amide bonds. The predicted molar refractivity (Wildman–Crippen MR) is 95.8 cm³/mol. The van der Waals surface area contributed by atoms with Gasteiger partial charge in [-0.05, 0) is 48.9 Å². The Balaban J connectivity index is 2.34. The average molecular weight is 382 g/mol. The molecule has 7 nitrogen and oxygen atoms in total. The molecule has 0 heterocycles. The molecule has 0 fully saturated rings. The van der Waals surface area contributed by atoms with Gasteiger partial charge in [0.05, 0.1) is 9.79 Å². The van der Waals surface area contributed by atoms with Gasteiger partial charge in [0.15, 0.2) is 9.84 Å². The van der Waals surface area contributed by atoms with Gasteiger partial charge in [0.2, 0.25) is 5.91 Å². The minimum atomic E-state index is -3.90. The monoisotopic (exact) mass is 382 g/mol. The fourth-order valence-corrected chi connectivity index (χ4v) is 4.11. The van der Waals surface area contributed by atoms with Gasteiger partial charge in [0, 0.05) is 24.6 Å². The van der Waals surface area contributed by atoms with Crippen molar-refractivity contribution in [3.63, 3.8) is 0 Å². The van der Waals surface area contributed by atoms with Crippen LogP contribution >= 0.6 is 0 Å². The van der Waals surface area contributed by atoms with Crippen molar-refractivity contribution in [3.8, 4) is 0 Å². The lowest BCUT2D eigenvalue weighted by atomic mass is 10.2. The van der Waals surface area contributed by atoms with E-state index in [4.69, 9.17) is 0 Å². The number of aryl methyl sites for hydroxylation is 1. The van der Waals surface area contributed by atoms with Crippen molar-refractivity contribution in [2.75, 3.05) is 16.3 Å². The molecule has 25 heavy (non-hydrogen) atoms. The first-order valence-corrected chi connectivity index (χ1v) is 10.6. The first-order chi connectivity index (χ1) is 11.5. The summed E-state index contributed by atoms with van der Waals surface area (Å²) in [5.41, 5.74) is 1.11. The lowest BCUT2D eigenvalue weighted by Gasteiger charge is -2.12. The Labute approximate surface area is 147 Å². The van der Waals surface area contributed by atoms with Crippen molar-refractivity contribution in [2.24, 2.45) is 0 Å². The van der Waals surface area contributed by atoms with Crippen LogP contribution in [0.4, 0.5) is 11.4 Å². The molecule has 0 spiro atoms. The minimum Gasteiger partial charge on any atom is -0.326 e. The van der Waals surface area contributed by atoms with E-state index in [0.29, 0.717) is 11.3 Å². The highest BCUT2D eigenvalue weighted by atomic mass is 32.2. The molecule has 0 radical (unpaired) electrons. The van der Waals surface area contributed by atoms with E-state index in [1.165, 1.54) is 37.3 Å². The lowest BCUT2D eigenvalue weighted by Crippen LogP contribution is -2.15. The maximum atomic E-state index is 12.6. The number of carbonyl (C=O) groups excluding carboxylic acids is 1. The van der Waals surface area contributed by atoms with Gasteiger partial charge in [-0.3, -0.25) is 9.52 Å². The number of hydrogen-bond donors (Lipinski definition) is 2. The molecule has 2 aromatic carbocycles. The van der Waals surface area contributed by atoms with E-state index in [-0.39, 0.29) is 21.4 Å². The van der Waals surface area contributed by atoms with E-state index in [1.807, 2.05) is 0 Å². The number of carbonyl (C=O) groups is 1. The number of amides is 1. The molecule has 2 aromatic rings. The van der Waals surface area contributed by atoms with Gasteiger partial charge >= 0.3 is 0 Å². The molecule has 0 aromatic heterocycles. The van der Waals surface area contributed by atoms with Gasteiger partial charge in [-0.25, -0.2) is 16.8 Å². The second-order valence-corrected chi connectivity index (χ2v) is 9.23. The van der Waals surface area contributed by atoms with Crippen molar-refractivity contribution < 1.29 is 21.6 Å². The zero-order chi connectivity index (χ0) is 18.8. The number of rotatable bonds is 5. The Hall–Kier alpha value is -2.39. The van der Waals surface area contributed by atoms with Crippen LogP contribution in [0.5, 0.6) is 0 Å². The van der Waals surface area contributed by atoms with Gasteiger partial charge in [0.25, 0.3) is 10.0 Å². The highest BCUT2D eigenvalue weighted by Gasteiger charge is 2.18. The Bertz CT molecular complexity index is 1010. The molecule has 0 aliphatic heterocycles.